The molecule has 1 aliphatic rings. The second-order valence-corrected chi connectivity index (χ2v) is 5.93. The molecule has 24 heavy (non-hydrogen) atoms. The molecule has 2 unspecified atom stereocenters. The van der Waals surface area contributed by atoms with Crippen LogP contribution in [0.5, 0.6) is 5.75 Å². The highest BCUT2D eigenvalue weighted by atomic mass is 35.5. The SMILES string of the molecule is CC1CNCCC1NC(=O)c1occc1COc1ccccc1.Cl. The number of para-hydroxylation sites is 1. The highest BCUT2D eigenvalue weighted by Crippen LogP contribution is 2.17. The van der Waals surface area contributed by atoms with Crippen LogP contribution in [0, 0.1) is 5.92 Å². The lowest BCUT2D eigenvalue weighted by Gasteiger charge is -2.30. The van der Waals surface area contributed by atoms with Gasteiger partial charge in [0.15, 0.2) is 5.76 Å². The summed E-state index contributed by atoms with van der Waals surface area (Å²) < 4.78 is 11.1. The van der Waals surface area contributed by atoms with E-state index in [1.165, 1.54) is 6.26 Å². The second-order valence-electron chi connectivity index (χ2n) is 5.93. The molecule has 1 saturated heterocycles. The van der Waals surface area contributed by atoms with E-state index < -0.39 is 0 Å². The van der Waals surface area contributed by atoms with E-state index in [4.69, 9.17) is 9.15 Å². The van der Waals surface area contributed by atoms with Crippen molar-refractivity contribution in [2.75, 3.05) is 13.1 Å². The van der Waals surface area contributed by atoms with Crippen LogP contribution in [-0.2, 0) is 6.61 Å². The Morgan fingerprint density at radius 1 is 1.33 bits per heavy atom. The number of rotatable bonds is 5. The molecule has 130 valence electrons. The molecule has 2 N–H and O–H groups in total. The normalized spacial score (nSPS) is 20.0. The van der Waals surface area contributed by atoms with Gasteiger partial charge in [0.2, 0.25) is 0 Å². The summed E-state index contributed by atoms with van der Waals surface area (Å²) in [6, 6.07) is 11.5. The Balaban J connectivity index is 0.00000208. The van der Waals surface area contributed by atoms with E-state index in [1.54, 1.807) is 6.07 Å². The van der Waals surface area contributed by atoms with Crippen molar-refractivity contribution >= 4 is 18.3 Å². The van der Waals surface area contributed by atoms with Gasteiger partial charge in [-0.1, -0.05) is 25.1 Å². The molecule has 5 nitrogen and oxygen atoms in total. The van der Waals surface area contributed by atoms with Gasteiger partial charge < -0.3 is 19.8 Å². The molecule has 2 atom stereocenters. The van der Waals surface area contributed by atoms with Crippen LogP contribution in [0.15, 0.2) is 47.1 Å². The molecule has 2 heterocycles. The molecule has 0 spiro atoms. The number of hydrogen-bond acceptors (Lipinski definition) is 4. The van der Waals surface area contributed by atoms with Crippen molar-refractivity contribution < 1.29 is 13.9 Å². The van der Waals surface area contributed by atoms with Crippen LogP contribution in [0.2, 0.25) is 0 Å². The maximum Gasteiger partial charge on any atom is 0.287 e. The molecular formula is C18H23ClN2O3. The Labute approximate surface area is 148 Å². The van der Waals surface area contributed by atoms with Crippen LogP contribution in [-0.4, -0.2) is 25.0 Å². The highest BCUT2D eigenvalue weighted by molar-refractivity contribution is 5.93. The smallest absolute Gasteiger partial charge is 0.287 e. The average molecular weight is 351 g/mol. The molecule has 3 rings (SSSR count). The second kappa shape index (κ2) is 8.76. The van der Waals surface area contributed by atoms with Gasteiger partial charge in [-0.15, -0.1) is 12.4 Å². The summed E-state index contributed by atoms with van der Waals surface area (Å²) in [5.41, 5.74) is 0.757. The molecule has 1 aromatic heterocycles. The van der Waals surface area contributed by atoms with E-state index in [9.17, 15) is 4.79 Å². The number of benzene rings is 1. The minimum Gasteiger partial charge on any atom is -0.489 e. The lowest BCUT2D eigenvalue weighted by molar-refractivity contribution is 0.0882. The van der Waals surface area contributed by atoms with Crippen molar-refractivity contribution in [2.45, 2.75) is 26.0 Å². The van der Waals surface area contributed by atoms with Gasteiger partial charge >= 0.3 is 0 Å². The van der Waals surface area contributed by atoms with E-state index >= 15 is 0 Å². The number of piperidine rings is 1. The summed E-state index contributed by atoms with van der Waals surface area (Å²) in [5.74, 6) is 1.35. The first-order valence-corrected chi connectivity index (χ1v) is 8.00. The molecule has 0 aliphatic carbocycles. The van der Waals surface area contributed by atoms with Gasteiger partial charge in [0.05, 0.1) is 6.26 Å². The van der Waals surface area contributed by atoms with Gasteiger partial charge in [-0.3, -0.25) is 4.79 Å². The summed E-state index contributed by atoms with van der Waals surface area (Å²) in [4.78, 5) is 12.5. The van der Waals surface area contributed by atoms with Gasteiger partial charge in [-0.05, 0) is 43.6 Å². The van der Waals surface area contributed by atoms with Crippen molar-refractivity contribution in [3.63, 3.8) is 0 Å². The molecule has 1 aliphatic heterocycles. The van der Waals surface area contributed by atoms with E-state index in [2.05, 4.69) is 17.6 Å². The number of furan rings is 1. The van der Waals surface area contributed by atoms with Crippen molar-refractivity contribution in [3.8, 4) is 5.75 Å². The van der Waals surface area contributed by atoms with Crippen molar-refractivity contribution in [3.05, 3.63) is 54.0 Å². The predicted octanol–water partition coefficient (Wildman–Crippen LogP) is 3.01. The standard InChI is InChI=1S/C18H22N2O3.ClH/c1-13-11-19-9-7-16(13)20-18(21)17-14(8-10-22-17)12-23-15-5-3-2-4-6-15;/h2-6,8,10,13,16,19H,7,9,11-12H2,1H3,(H,20,21);1H. The zero-order chi connectivity index (χ0) is 16.1. The van der Waals surface area contributed by atoms with Gasteiger partial charge in [0.1, 0.15) is 12.4 Å². The zero-order valence-electron chi connectivity index (χ0n) is 13.7. The van der Waals surface area contributed by atoms with Gasteiger partial charge in [0.25, 0.3) is 5.91 Å². The number of carbonyl (C=O) groups is 1. The number of amides is 1. The fourth-order valence-corrected chi connectivity index (χ4v) is 2.79. The summed E-state index contributed by atoms with van der Waals surface area (Å²) >= 11 is 0. The van der Waals surface area contributed by atoms with Crippen LogP contribution in [0.3, 0.4) is 0 Å². The van der Waals surface area contributed by atoms with E-state index in [1.807, 2.05) is 30.3 Å². The van der Waals surface area contributed by atoms with E-state index in [0.29, 0.717) is 18.3 Å². The molecule has 0 radical (unpaired) electrons. The zero-order valence-corrected chi connectivity index (χ0v) is 14.5. The van der Waals surface area contributed by atoms with Crippen molar-refractivity contribution in [1.29, 1.82) is 0 Å². The third-order valence-corrected chi connectivity index (χ3v) is 4.19. The lowest BCUT2D eigenvalue weighted by atomic mass is 9.95. The molecule has 6 heteroatoms. The molecule has 1 amide bonds. The first kappa shape index (κ1) is 18.4. The van der Waals surface area contributed by atoms with Crippen LogP contribution in [0.25, 0.3) is 0 Å². The van der Waals surface area contributed by atoms with Crippen molar-refractivity contribution in [2.24, 2.45) is 5.92 Å². The number of ether oxygens (including phenoxy) is 1. The summed E-state index contributed by atoms with van der Waals surface area (Å²) in [6.45, 7) is 4.30. The van der Waals surface area contributed by atoms with Crippen LogP contribution in [0.4, 0.5) is 0 Å². The summed E-state index contributed by atoms with van der Waals surface area (Å²) in [5, 5.41) is 6.41. The first-order chi connectivity index (χ1) is 11.2. The Morgan fingerprint density at radius 3 is 2.88 bits per heavy atom. The Morgan fingerprint density at radius 2 is 2.12 bits per heavy atom. The summed E-state index contributed by atoms with van der Waals surface area (Å²) in [7, 11) is 0. The minimum atomic E-state index is -0.166. The van der Waals surface area contributed by atoms with Gasteiger partial charge in [0, 0.05) is 11.6 Å². The topological polar surface area (TPSA) is 63.5 Å². The van der Waals surface area contributed by atoms with E-state index in [-0.39, 0.29) is 24.4 Å². The minimum absolute atomic E-state index is 0. The predicted molar refractivity (Wildman–Crippen MR) is 94.6 cm³/mol. The molecule has 1 fully saturated rings. The van der Waals surface area contributed by atoms with Gasteiger partial charge in [-0.25, -0.2) is 0 Å². The van der Waals surface area contributed by atoms with Crippen LogP contribution >= 0.6 is 12.4 Å². The average Bonchev–Trinajstić information content (AvgIpc) is 3.05. The third-order valence-electron chi connectivity index (χ3n) is 4.19. The highest BCUT2D eigenvalue weighted by Gasteiger charge is 2.25. The number of halogens is 1. The third kappa shape index (κ3) is 4.52. The fraction of sp³-hybridized carbons (Fsp3) is 0.389. The molecule has 2 aromatic rings. The van der Waals surface area contributed by atoms with Crippen LogP contribution < -0.4 is 15.4 Å². The van der Waals surface area contributed by atoms with Crippen LogP contribution in [0.1, 0.15) is 29.5 Å². The van der Waals surface area contributed by atoms with Crippen molar-refractivity contribution in [1.82, 2.24) is 10.6 Å². The molecule has 0 bridgehead atoms. The molecular weight excluding hydrogens is 328 g/mol. The molecule has 0 saturated carbocycles. The number of carbonyl (C=O) groups excluding carboxylic acids is 1. The largest absolute Gasteiger partial charge is 0.489 e. The number of nitrogens with one attached hydrogen (secondary N) is 2. The monoisotopic (exact) mass is 350 g/mol. The first-order valence-electron chi connectivity index (χ1n) is 8.00. The Bertz CT molecular complexity index is 645. The number of hydrogen-bond donors (Lipinski definition) is 2. The fourth-order valence-electron chi connectivity index (χ4n) is 2.79. The maximum atomic E-state index is 12.5. The summed E-state index contributed by atoms with van der Waals surface area (Å²) in [6.07, 6.45) is 2.47. The van der Waals surface area contributed by atoms with Gasteiger partial charge in [-0.2, -0.15) is 0 Å². The quantitative estimate of drug-likeness (QED) is 0.870. The lowest BCUT2D eigenvalue weighted by Crippen LogP contribution is -2.48. The molecule has 1 aromatic carbocycles. The maximum absolute atomic E-state index is 12.5. The Hall–Kier alpha value is -1.98. The Kier molecular flexibility index (Phi) is 6.70. The van der Waals surface area contributed by atoms with E-state index in [0.717, 1.165) is 30.8 Å².